The molecule has 0 saturated carbocycles. The Kier molecular flexibility index (Phi) is 5.90. The fourth-order valence-electron chi connectivity index (χ4n) is 4.35. The number of carbonyl (C=O) groups is 1. The summed E-state index contributed by atoms with van der Waals surface area (Å²) in [6.07, 6.45) is 1.86. The molecule has 0 bridgehead atoms. The molecule has 8 heteroatoms. The standard InChI is InChI=1S/C25H25N3O3S2/c1-27(33(30,31)21-13-12-18-7-2-3-8-19(18)15-21)17-24(29)28-14-6-9-20(16-28)25-26-22-10-4-5-11-23(22)32-25/h2-5,7-8,10-13,15,20H,6,9,14,16-17H2,1H3. The summed E-state index contributed by atoms with van der Waals surface area (Å²) in [7, 11) is -2.30. The van der Waals surface area contributed by atoms with Crippen LogP contribution in [0.2, 0.25) is 0 Å². The van der Waals surface area contributed by atoms with E-state index in [9.17, 15) is 13.2 Å². The van der Waals surface area contributed by atoms with Crippen molar-refractivity contribution < 1.29 is 13.2 Å². The molecule has 5 rings (SSSR count). The second-order valence-electron chi connectivity index (χ2n) is 8.47. The van der Waals surface area contributed by atoms with Crippen LogP contribution in [0.3, 0.4) is 0 Å². The lowest BCUT2D eigenvalue weighted by atomic mass is 9.98. The van der Waals surface area contributed by atoms with Crippen molar-refractivity contribution in [1.29, 1.82) is 0 Å². The van der Waals surface area contributed by atoms with Crippen molar-refractivity contribution in [3.8, 4) is 0 Å². The van der Waals surface area contributed by atoms with E-state index >= 15 is 0 Å². The number of sulfonamides is 1. The average molecular weight is 480 g/mol. The highest BCUT2D eigenvalue weighted by Gasteiger charge is 2.30. The highest BCUT2D eigenvalue weighted by Crippen LogP contribution is 2.33. The van der Waals surface area contributed by atoms with E-state index in [0.717, 1.165) is 43.1 Å². The first-order chi connectivity index (χ1) is 15.9. The zero-order chi connectivity index (χ0) is 23.0. The Morgan fingerprint density at radius 2 is 1.85 bits per heavy atom. The van der Waals surface area contributed by atoms with Crippen LogP contribution in [0.4, 0.5) is 0 Å². The molecule has 33 heavy (non-hydrogen) atoms. The molecule has 4 aromatic rings. The smallest absolute Gasteiger partial charge is 0.243 e. The van der Waals surface area contributed by atoms with Gasteiger partial charge in [-0.15, -0.1) is 11.3 Å². The maximum atomic E-state index is 13.1. The minimum absolute atomic E-state index is 0.173. The molecule has 1 fully saturated rings. The Hall–Kier alpha value is -2.81. The number of benzene rings is 3. The van der Waals surface area contributed by atoms with E-state index in [4.69, 9.17) is 4.98 Å². The van der Waals surface area contributed by atoms with Crippen molar-refractivity contribution in [1.82, 2.24) is 14.2 Å². The van der Waals surface area contributed by atoms with Crippen molar-refractivity contribution in [2.24, 2.45) is 0 Å². The van der Waals surface area contributed by atoms with Crippen molar-refractivity contribution in [2.45, 2.75) is 23.7 Å². The molecule has 0 radical (unpaired) electrons. The van der Waals surface area contributed by atoms with Gasteiger partial charge in [0, 0.05) is 26.1 Å². The molecule has 1 aromatic heterocycles. The van der Waals surface area contributed by atoms with Gasteiger partial charge < -0.3 is 4.90 Å². The van der Waals surface area contributed by atoms with Crippen molar-refractivity contribution in [2.75, 3.05) is 26.7 Å². The molecule has 170 valence electrons. The molecule has 1 amide bonds. The van der Waals surface area contributed by atoms with Gasteiger partial charge in [0.25, 0.3) is 0 Å². The highest BCUT2D eigenvalue weighted by molar-refractivity contribution is 7.89. The van der Waals surface area contributed by atoms with Gasteiger partial charge in [0.2, 0.25) is 15.9 Å². The zero-order valence-electron chi connectivity index (χ0n) is 18.3. The third-order valence-electron chi connectivity index (χ3n) is 6.22. The molecule has 0 aliphatic carbocycles. The normalized spacial score (nSPS) is 17.2. The van der Waals surface area contributed by atoms with Gasteiger partial charge in [-0.2, -0.15) is 4.31 Å². The minimum Gasteiger partial charge on any atom is -0.341 e. The predicted octanol–water partition coefficient (Wildman–Crippen LogP) is 4.48. The molecule has 1 aliphatic heterocycles. The van der Waals surface area contributed by atoms with Crippen LogP contribution in [0.5, 0.6) is 0 Å². The predicted molar refractivity (Wildman–Crippen MR) is 132 cm³/mol. The number of amides is 1. The van der Waals surface area contributed by atoms with Crippen LogP contribution in [-0.2, 0) is 14.8 Å². The third kappa shape index (κ3) is 4.38. The monoisotopic (exact) mass is 479 g/mol. The average Bonchev–Trinajstić information content (AvgIpc) is 3.28. The van der Waals surface area contributed by atoms with Gasteiger partial charge in [-0.05, 0) is 47.9 Å². The lowest BCUT2D eigenvalue weighted by Crippen LogP contribution is -2.45. The molecule has 1 atom stereocenters. The molecule has 1 aliphatic rings. The first-order valence-corrected chi connectivity index (χ1v) is 13.3. The molecule has 0 spiro atoms. The van der Waals surface area contributed by atoms with Gasteiger partial charge >= 0.3 is 0 Å². The second-order valence-corrected chi connectivity index (χ2v) is 11.6. The van der Waals surface area contributed by atoms with E-state index < -0.39 is 10.0 Å². The number of likely N-dealkylation sites (tertiary alicyclic amines) is 1. The number of nitrogens with zero attached hydrogens (tertiary/aromatic N) is 3. The van der Waals surface area contributed by atoms with Crippen molar-refractivity contribution in [3.63, 3.8) is 0 Å². The van der Waals surface area contributed by atoms with Gasteiger partial charge in [0.15, 0.2) is 0 Å². The van der Waals surface area contributed by atoms with Gasteiger partial charge in [-0.1, -0.05) is 42.5 Å². The van der Waals surface area contributed by atoms with Crippen molar-refractivity contribution >= 4 is 48.3 Å². The summed E-state index contributed by atoms with van der Waals surface area (Å²) in [5.74, 6) is 0.00942. The summed E-state index contributed by atoms with van der Waals surface area (Å²) in [5.41, 5.74) is 0.988. The number of para-hydroxylation sites is 1. The number of hydrogen-bond acceptors (Lipinski definition) is 5. The Labute approximate surface area is 197 Å². The third-order valence-corrected chi connectivity index (χ3v) is 9.22. The summed E-state index contributed by atoms with van der Waals surface area (Å²) in [4.78, 5) is 19.8. The molecule has 3 aromatic carbocycles. The lowest BCUT2D eigenvalue weighted by molar-refractivity contribution is -0.132. The maximum absolute atomic E-state index is 13.1. The molecule has 6 nitrogen and oxygen atoms in total. The molecule has 2 heterocycles. The van der Waals surface area contributed by atoms with Gasteiger partial charge in [0.1, 0.15) is 0 Å². The number of aromatic nitrogens is 1. The number of carbonyl (C=O) groups excluding carboxylic acids is 1. The van der Waals surface area contributed by atoms with E-state index in [-0.39, 0.29) is 23.3 Å². The van der Waals surface area contributed by atoms with Crippen LogP contribution in [0.1, 0.15) is 23.8 Å². The van der Waals surface area contributed by atoms with E-state index in [2.05, 4.69) is 6.07 Å². The summed E-state index contributed by atoms with van der Waals surface area (Å²) in [6, 6.07) is 20.7. The fraction of sp³-hybridized carbons (Fsp3) is 0.280. The Morgan fingerprint density at radius 3 is 2.67 bits per heavy atom. The Balaban J connectivity index is 1.29. The molecule has 1 saturated heterocycles. The largest absolute Gasteiger partial charge is 0.341 e. The Bertz CT molecular complexity index is 1400. The zero-order valence-corrected chi connectivity index (χ0v) is 20.0. The minimum atomic E-state index is -3.77. The van der Waals surface area contributed by atoms with Gasteiger partial charge in [-0.25, -0.2) is 13.4 Å². The van der Waals surface area contributed by atoms with Crippen LogP contribution in [-0.4, -0.2) is 55.2 Å². The van der Waals surface area contributed by atoms with E-state index in [1.54, 1.807) is 34.4 Å². The van der Waals surface area contributed by atoms with E-state index in [1.165, 1.54) is 7.05 Å². The number of likely N-dealkylation sites (N-methyl/N-ethyl adjacent to an activating group) is 1. The SMILES string of the molecule is CN(CC(=O)N1CCCC(c2nc3ccccc3s2)C1)S(=O)(=O)c1ccc2ccccc2c1. The molecule has 0 N–H and O–H groups in total. The van der Waals surface area contributed by atoms with Crippen LogP contribution in [0.25, 0.3) is 21.0 Å². The van der Waals surface area contributed by atoms with Gasteiger partial charge in [0.05, 0.1) is 26.7 Å². The summed E-state index contributed by atoms with van der Waals surface area (Å²) >= 11 is 1.68. The van der Waals surface area contributed by atoms with Gasteiger partial charge in [-0.3, -0.25) is 4.79 Å². The van der Waals surface area contributed by atoms with Crippen LogP contribution >= 0.6 is 11.3 Å². The molecule has 1 unspecified atom stereocenters. The van der Waals surface area contributed by atoms with Crippen LogP contribution in [0, 0.1) is 0 Å². The highest BCUT2D eigenvalue weighted by atomic mass is 32.2. The summed E-state index contributed by atoms with van der Waals surface area (Å²) < 4.78 is 28.6. The molecular weight excluding hydrogens is 454 g/mol. The summed E-state index contributed by atoms with van der Waals surface area (Å²) in [5, 5.41) is 2.88. The lowest BCUT2D eigenvalue weighted by Gasteiger charge is -2.32. The first kappa shape index (κ1) is 22.0. The quantitative estimate of drug-likeness (QED) is 0.423. The fourth-order valence-corrected chi connectivity index (χ4v) is 6.60. The van der Waals surface area contributed by atoms with E-state index in [0.29, 0.717) is 13.1 Å². The Morgan fingerprint density at radius 1 is 1.09 bits per heavy atom. The summed E-state index contributed by atoms with van der Waals surface area (Å²) in [6.45, 7) is 1.04. The molecular formula is C25H25N3O3S2. The number of hydrogen-bond donors (Lipinski definition) is 0. The number of piperidine rings is 1. The van der Waals surface area contributed by atoms with E-state index in [1.807, 2.05) is 42.5 Å². The topological polar surface area (TPSA) is 70.6 Å². The number of fused-ring (bicyclic) bond motifs is 2. The number of rotatable bonds is 5. The maximum Gasteiger partial charge on any atom is 0.243 e. The van der Waals surface area contributed by atoms with Crippen LogP contribution in [0.15, 0.2) is 71.6 Å². The van der Waals surface area contributed by atoms with Crippen LogP contribution < -0.4 is 0 Å². The van der Waals surface area contributed by atoms with Crippen molar-refractivity contribution in [3.05, 3.63) is 71.7 Å². The second kappa shape index (κ2) is 8.85. The number of thiazole rings is 1. The first-order valence-electron chi connectivity index (χ1n) is 11.0.